The predicted octanol–water partition coefficient (Wildman–Crippen LogP) is -2.90. The lowest BCUT2D eigenvalue weighted by Gasteiger charge is -2.22. The van der Waals surface area contributed by atoms with Crippen LogP contribution in [0.4, 0.5) is 5.82 Å². The van der Waals surface area contributed by atoms with E-state index in [9.17, 15) is 53.4 Å². The third-order valence-electron chi connectivity index (χ3n) is 6.98. The van der Waals surface area contributed by atoms with E-state index in [2.05, 4.69) is 23.8 Å². The van der Waals surface area contributed by atoms with Gasteiger partial charge in [0.25, 0.3) is 12.1 Å². The summed E-state index contributed by atoms with van der Waals surface area (Å²) in [7, 11) is -16.3. The number of hydrogen-bond donors (Lipinski definition) is 9. The number of imidazole rings is 1. The minimum atomic E-state index is -5.52. The van der Waals surface area contributed by atoms with Gasteiger partial charge in [0, 0.05) is 6.07 Å². The summed E-state index contributed by atoms with van der Waals surface area (Å²) in [5.41, 5.74) is 11.1. The normalized spacial score (nSPS) is 30.3. The number of aliphatic hydroxyl groups is 3. The molecule has 0 saturated carbocycles. The van der Waals surface area contributed by atoms with E-state index in [4.69, 9.17) is 30.0 Å². The first-order valence-corrected chi connectivity index (χ1v) is 17.9. The fourth-order valence-corrected chi connectivity index (χ4v) is 7.47. The predicted molar refractivity (Wildman–Crippen MR) is 150 cm³/mol. The average Bonchev–Trinajstić information content (AvgIpc) is 3.64. The van der Waals surface area contributed by atoms with Crippen LogP contribution in [0, 0.1) is 0 Å². The zero-order chi connectivity index (χ0) is 35.2. The Hall–Kier alpha value is -2.86. The quantitative estimate of drug-likeness (QED) is 0.0626. The van der Waals surface area contributed by atoms with Gasteiger partial charge in [0.15, 0.2) is 36.2 Å². The summed E-state index contributed by atoms with van der Waals surface area (Å²) in [6.45, 7) is -2.03. The summed E-state index contributed by atoms with van der Waals surface area (Å²) in [4.78, 5) is 62.2. The van der Waals surface area contributed by atoms with Crippen molar-refractivity contribution in [2.75, 3.05) is 18.9 Å². The number of primary amides is 1. The van der Waals surface area contributed by atoms with Crippen LogP contribution < -0.4 is 16.0 Å². The highest BCUT2D eigenvalue weighted by atomic mass is 31.3. The number of hydrogen-bond acceptors (Lipinski definition) is 17. The van der Waals surface area contributed by atoms with Crippen LogP contribution in [-0.4, -0.2) is 110 Å². The molecule has 2 unspecified atom stereocenters. The van der Waals surface area contributed by atoms with Crippen LogP contribution in [0.1, 0.15) is 22.8 Å². The Labute approximate surface area is 267 Å². The van der Waals surface area contributed by atoms with Crippen molar-refractivity contribution in [2.45, 2.75) is 49.1 Å². The summed E-state index contributed by atoms with van der Waals surface area (Å²) in [6, 6.07) is 2.79. The smallest absolute Gasteiger partial charge is 0.387 e. The van der Waals surface area contributed by atoms with E-state index in [1.54, 1.807) is 0 Å². The molecule has 5 rings (SSSR count). The number of rotatable bonds is 13. The number of phosphoric ester groups is 3. The van der Waals surface area contributed by atoms with Crippen LogP contribution in [0.3, 0.4) is 0 Å². The number of nitrogen functional groups attached to an aromatic ring is 1. The van der Waals surface area contributed by atoms with E-state index < -0.39 is 91.7 Å². The van der Waals surface area contributed by atoms with E-state index in [0.29, 0.717) is 0 Å². The van der Waals surface area contributed by atoms with E-state index in [1.807, 2.05) is 0 Å². The standard InChI is InChI=1S/C21H28N7O17P3/c22-17-12-19(25-7-24-17)28(8-26-12)21-16(44-46(33,34)35)14(30)11(43-21)6-41-48(38,39)45-47(36,37)40-5-10-13(29)15(31)20(42-10)27-3-1-2-9(4-27)18(23)32/h1-4,7-8,10-11,13-16,20-21,29-31H,5-6H2,(H7-,22,23,24,25,32,33,34,35,36,37,38,39)/p+1/t10-,11-,13-,14+,15-,16+,20+,21-/m0/s1. The summed E-state index contributed by atoms with van der Waals surface area (Å²) >= 11 is 0. The molecule has 264 valence electrons. The van der Waals surface area contributed by atoms with Crippen molar-refractivity contribution < 1.29 is 85.3 Å². The lowest BCUT2D eigenvalue weighted by atomic mass is 10.1. The Morgan fingerprint density at radius 1 is 0.958 bits per heavy atom. The lowest BCUT2D eigenvalue weighted by molar-refractivity contribution is -0.765. The molecule has 2 aliphatic heterocycles. The maximum atomic E-state index is 12.6. The Morgan fingerprint density at radius 2 is 1.60 bits per heavy atom. The Kier molecular flexibility index (Phi) is 10.5. The molecule has 24 nitrogen and oxygen atoms in total. The molecule has 10 atom stereocenters. The Bertz CT molecular complexity index is 1810. The molecule has 0 aliphatic carbocycles. The van der Waals surface area contributed by atoms with Gasteiger partial charge in [-0.1, -0.05) is 0 Å². The maximum absolute atomic E-state index is 12.6. The first-order chi connectivity index (χ1) is 22.4. The third-order valence-corrected chi connectivity index (χ3v) is 10.1. The number of carbonyl (C=O) groups excluding carboxylic acids is 1. The zero-order valence-corrected chi connectivity index (χ0v) is 26.6. The number of pyridine rings is 1. The van der Waals surface area contributed by atoms with Gasteiger partial charge in [-0.15, -0.1) is 0 Å². The van der Waals surface area contributed by atoms with Crippen molar-refractivity contribution in [2.24, 2.45) is 5.73 Å². The molecule has 0 bridgehead atoms. The average molecular weight is 744 g/mol. The van der Waals surface area contributed by atoms with Gasteiger partial charge < -0.3 is 55.8 Å². The molecule has 1 amide bonds. The fraction of sp³-hybridized carbons (Fsp3) is 0.476. The van der Waals surface area contributed by atoms with Gasteiger partial charge in [0.1, 0.15) is 47.9 Å². The number of phosphoric acid groups is 3. The van der Waals surface area contributed by atoms with Crippen molar-refractivity contribution in [1.29, 1.82) is 0 Å². The molecule has 0 radical (unpaired) electrons. The number of aliphatic hydroxyl groups excluding tert-OH is 3. The SMILES string of the molecule is NC(=O)c1ccc[n+]([C@@H]2O[C@@H](COP(=O)(O)OP(=O)(O)OC[C@@H]3O[C@H](n4cnc5c(N)ncnc54)[C@H](OP(=O)(O)O)[C@@H]3O)[C@H](O)[C@@H]2O)c1. The molecule has 2 aliphatic rings. The molecule has 0 aromatic carbocycles. The molecule has 5 heterocycles. The summed E-state index contributed by atoms with van der Waals surface area (Å²) < 4.78 is 68.4. The van der Waals surface area contributed by atoms with E-state index in [1.165, 1.54) is 29.1 Å². The largest absolute Gasteiger partial charge is 0.481 e. The van der Waals surface area contributed by atoms with Gasteiger partial charge in [-0.2, -0.15) is 8.88 Å². The zero-order valence-electron chi connectivity index (χ0n) is 23.9. The molecule has 48 heavy (non-hydrogen) atoms. The number of amides is 1. The van der Waals surface area contributed by atoms with Crippen molar-refractivity contribution in [3.8, 4) is 0 Å². The van der Waals surface area contributed by atoms with Gasteiger partial charge in [-0.05, 0) is 6.07 Å². The summed E-state index contributed by atoms with van der Waals surface area (Å²) in [6.07, 6.45) is -8.39. The van der Waals surface area contributed by atoms with Crippen molar-refractivity contribution >= 4 is 46.4 Å². The van der Waals surface area contributed by atoms with Crippen molar-refractivity contribution in [3.63, 3.8) is 0 Å². The van der Waals surface area contributed by atoms with E-state index in [-0.39, 0.29) is 22.5 Å². The monoisotopic (exact) mass is 744 g/mol. The van der Waals surface area contributed by atoms with Crippen LogP contribution in [0.25, 0.3) is 11.2 Å². The van der Waals surface area contributed by atoms with Crippen molar-refractivity contribution in [1.82, 2.24) is 19.5 Å². The van der Waals surface area contributed by atoms with Crippen LogP contribution in [-0.2, 0) is 41.1 Å². The van der Waals surface area contributed by atoms with Crippen LogP contribution in [0.5, 0.6) is 0 Å². The molecule has 3 aromatic heterocycles. The second-order valence-corrected chi connectivity index (χ2v) is 14.5. The number of nitrogens with zero attached hydrogens (tertiary/aromatic N) is 5. The second kappa shape index (κ2) is 13.8. The minimum Gasteiger partial charge on any atom is -0.387 e. The molecular weight excluding hydrogens is 715 g/mol. The summed E-state index contributed by atoms with van der Waals surface area (Å²) in [5, 5.41) is 31.5. The van der Waals surface area contributed by atoms with Crippen LogP contribution in [0.15, 0.2) is 37.2 Å². The second-order valence-electron chi connectivity index (χ2n) is 10.3. The molecule has 2 fully saturated rings. The molecule has 27 heteroatoms. The van der Waals surface area contributed by atoms with Crippen LogP contribution >= 0.6 is 23.5 Å². The van der Waals surface area contributed by atoms with Crippen LogP contribution in [0.2, 0.25) is 0 Å². The first kappa shape index (κ1) is 36.4. The highest BCUT2D eigenvalue weighted by Crippen LogP contribution is 2.61. The molecular formula is C21H29N7O17P3+. The van der Waals surface area contributed by atoms with Gasteiger partial charge >= 0.3 is 23.5 Å². The maximum Gasteiger partial charge on any atom is 0.481 e. The van der Waals surface area contributed by atoms with E-state index in [0.717, 1.165) is 17.2 Å². The number of aromatic nitrogens is 5. The Balaban J connectivity index is 1.21. The Morgan fingerprint density at radius 3 is 2.23 bits per heavy atom. The molecule has 3 aromatic rings. The first-order valence-electron chi connectivity index (χ1n) is 13.3. The number of ether oxygens (including phenoxy) is 2. The molecule has 2 saturated heterocycles. The van der Waals surface area contributed by atoms with Gasteiger partial charge in [-0.25, -0.2) is 28.6 Å². The lowest BCUT2D eigenvalue weighted by Crippen LogP contribution is -2.46. The number of anilines is 1. The van der Waals surface area contributed by atoms with Crippen molar-refractivity contribution in [3.05, 3.63) is 42.7 Å². The highest BCUT2D eigenvalue weighted by molar-refractivity contribution is 7.61. The fourth-order valence-electron chi connectivity index (χ4n) is 4.83. The number of carbonyl (C=O) groups is 1. The highest BCUT2D eigenvalue weighted by Gasteiger charge is 2.51. The molecule has 11 N–H and O–H groups in total. The van der Waals surface area contributed by atoms with Gasteiger partial charge in [-0.3, -0.25) is 22.9 Å². The molecule has 0 spiro atoms. The van der Waals surface area contributed by atoms with Gasteiger partial charge in [0.2, 0.25) is 0 Å². The minimum absolute atomic E-state index is 0.00286. The van der Waals surface area contributed by atoms with E-state index >= 15 is 0 Å². The number of nitrogens with two attached hydrogens (primary N) is 2. The topological polar surface area (TPSA) is 365 Å². The van der Waals surface area contributed by atoms with Gasteiger partial charge in [0.05, 0.1) is 19.5 Å². The summed E-state index contributed by atoms with van der Waals surface area (Å²) in [5.74, 6) is -0.848. The third kappa shape index (κ3) is 8.12. The number of fused-ring (bicyclic) bond motifs is 1.